The van der Waals surface area contributed by atoms with Crippen LogP contribution in [-0.4, -0.2) is 66.3 Å². The monoisotopic (exact) mass is 584 g/mol. The van der Waals surface area contributed by atoms with Gasteiger partial charge < -0.3 is 20.9 Å². The number of nitrogens with zero attached hydrogens (tertiary/aromatic N) is 3. The summed E-state index contributed by atoms with van der Waals surface area (Å²) in [6, 6.07) is 20.6. The first-order valence-electron chi connectivity index (χ1n) is 14.9. The van der Waals surface area contributed by atoms with Gasteiger partial charge in [-0.25, -0.2) is 0 Å². The summed E-state index contributed by atoms with van der Waals surface area (Å²) >= 11 is 0. The fraction of sp³-hybridized carbons (Fsp3) is 0.364. The number of benzene rings is 3. The first-order chi connectivity index (χ1) is 20.8. The fourth-order valence-corrected chi connectivity index (χ4v) is 7.04. The van der Waals surface area contributed by atoms with Gasteiger partial charge in [-0.1, -0.05) is 42.5 Å². The van der Waals surface area contributed by atoms with Crippen molar-refractivity contribution in [1.82, 2.24) is 9.38 Å². The van der Waals surface area contributed by atoms with E-state index >= 15 is 0 Å². The lowest BCUT2D eigenvalue weighted by Gasteiger charge is -2.47. The molecule has 1 saturated heterocycles. The number of fused-ring (bicyclic) bond motifs is 2. The number of quaternary nitrogens is 1. The lowest BCUT2D eigenvalue weighted by atomic mass is 9.90. The molecule has 0 aromatic heterocycles. The molecule has 1 amide bonds. The largest absolute Gasteiger partial charge is 0.468 e. The number of nitrogens with one attached hydrogen (secondary N) is 1. The maximum atomic E-state index is 13.4. The van der Waals surface area contributed by atoms with E-state index in [9.17, 15) is 20.0 Å². The number of β-amino-alcohol motifs (C(OH)–C–C–N with tert-alkyl or cyclic N) is 1. The number of carbonyl (C=O) groups is 1. The number of nitro groups is 1. The number of nitro benzene ring substituents is 1. The Kier molecular flexibility index (Phi) is 7.91. The van der Waals surface area contributed by atoms with Gasteiger partial charge in [-0.2, -0.15) is 0 Å². The Hall–Kier alpha value is -4.25. The van der Waals surface area contributed by atoms with Gasteiger partial charge in [0.2, 0.25) is 6.10 Å². The molecular weight excluding hydrogens is 546 g/mol. The minimum absolute atomic E-state index is 0.0402. The van der Waals surface area contributed by atoms with Gasteiger partial charge in [0.15, 0.2) is 5.70 Å². The Morgan fingerprint density at radius 1 is 1.19 bits per heavy atom. The van der Waals surface area contributed by atoms with E-state index in [2.05, 4.69) is 16.3 Å². The van der Waals surface area contributed by atoms with Gasteiger partial charge in [0.1, 0.15) is 17.5 Å². The first-order valence-corrected chi connectivity index (χ1v) is 14.9. The van der Waals surface area contributed by atoms with Gasteiger partial charge in [-0.15, -0.1) is 0 Å². The van der Waals surface area contributed by atoms with E-state index < -0.39 is 18.1 Å². The summed E-state index contributed by atoms with van der Waals surface area (Å²) < 4.78 is 6.63. The Morgan fingerprint density at radius 2 is 1.98 bits per heavy atom. The molecule has 1 fully saturated rings. The zero-order valence-corrected chi connectivity index (χ0v) is 24.3. The molecule has 224 valence electrons. The normalized spacial score (nSPS) is 22.8. The van der Waals surface area contributed by atoms with Gasteiger partial charge >= 0.3 is 0 Å². The molecule has 43 heavy (non-hydrogen) atoms. The smallest absolute Gasteiger partial charge is 0.278 e. The molecule has 3 aliphatic rings. The number of carbonyl (C=O) groups excluding carboxylic acids is 1. The third-order valence-electron chi connectivity index (χ3n) is 9.17. The second-order valence-corrected chi connectivity index (χ2v) is 11.8. The molecule has 2 unspecified atom stereocenters. The van der Waals surface area contributed by atoms with Crippen LogP contribution in [0.1, 0.15) is 35.6 Å². The molecule has 0 radical (unpaired) electrons. The fourth-order valence-electron chi connectivity index (χ4n) is 7.04. The van der Waals surface area contributed by atoms with Gasteiger partial charge in [0.25, 0.3) is 11.6 Å². The van der Waals surface area contributed by atoms with E-state index in [0.717, 1.165) is 48.4 Å². The molecule has 10 heteroatoms. The van der Waals surface area contributed by atoms with E-state index in [1.165, 1.54) is 6.07 Å². The van der Waals surface area contributed by atoms with Crippen molar-refractivity contribution in [1.29, 1.82) is 0 Å². The van der Waals surface area contributed by atoms with Gasteiger partial charge in [0, 0.05) is 43.8 Å². The standard InChI is InChI=1S/C33H37N5O5/c1-38(29(22-8-3-2-4-9-22)21-36-19-17-24(39)20-36)27-13-6-12-26(37(41)42)25(27)15-16-28(38)32(33(34)40)43-30-14-5-10-23-11-7-18-35-31(23)30/h2-6,8-10,12-14,16,24,29,32,35,39H,7,11,15,17-21H2,1H3,(H-,34,40)/p+1/t24-,29+,32?,38?/m0/s1. The van der Waals surface area contributed by atoms with Crippen LogP contribution >= 0.6 is 0 Å². The van der Waals surface area contributed by atoms with Crippen LogP contribution in [0.25, 0.3) is 0 Å². The Morgan fingerprint density at radius 3 is 2.70 bits per heavy atom. The molecule has 3 aromatic carbocycles. The van der Waals surface area contributed by atoms with Crippen LogP contribution in [0.3, 0.4) is 0 Å². The number of para-hydroxylation sites is 1. The van der Waals surface area contributed by atoms with Crippen molar-refractivity contribution in [3.8, 4) is 5.75 Å². The lowest BCUT2D eigenvalue weighted by molar-refractivity contribution is -0.385. The number of aryl methyl sites for hydroxylation is 1. The molecule has 0 bridgehead atoms. The summed E-state index contributed by atoms with van der Waals surface area (Å²) in [5, 5.41) is 26.0. The van der Waals surface area contributed by atoms with E-state index in [-0.39, 0.29) is 27.6 Å². The van der Waals surface area contributed by atoms with Crippen molar-refractivity contribution in [2.24, 2.45) is 5.73 Å². The predicted molar refractivity (Wildman–Crippen MR) is 166 cm³/mol. The van der Waals surface area contributed by atoms with Crippen LogP contribution in [0, 0.1) is 10.1 Å². The van der Waals surface area contributed by atoms with Gasteiger partial charge in [-0.05, 0) is 43.0 Å². The molecular formula is C33H38N5O5+. The average molecular weight is 585 g/mol. The summed E-state index contributed by atoms with van der Waals surface area (Å²) in [4.78, 5) is 27.4. The second-order valence-electron chi connectivity index (χ2n) is 11.8. The maximum Gasteiger partial charge on any atom is 0.278 e. The number of ether oxygens (including phenoxy) is 1. The SMILES string of the molecule is C[N+]1([C@H](CN2CC[C@H](O)C2)c2ccccc2)C(C(Oc2cccc3c2NCCC3)C(N)=O)=CCc2c([N+](=O)[O-])cccc21. The third kappa shape index (κ3) is 5.37. The maximum absolute atomic E-state index is 13.4. The number of allylic oxidation sites excluding steroid dienone is 1. The number of hydrogen-bond donors (Lipinski definition) is 3. The topological polar surface area (TPSA) is 131 Å². The highest BCUT2D eigenvalue weighted by molar-refractivity contribution is 5.85. The highest BCUT2D eigenvalue weighted by atomic mass is 16.6. The van der Waals surface area contributed by atoms with Gasteiger partial charge in [0.05, 0.1) is 35.9 Å². The molecule has 10 nitrogen and oxygen atoms in total. The molecule has 3 aromatic rings. The second kappa shape index (κ2) is 11.8. The summed E-state index contributed by atoms with van der Waals surface area (Å²) in [6.07, 6.45) is 3.20. The number of likely N-dealkylation sites (tertiary alicyclic amines) is 1. The number of aliphatic hydroxyl groups is 1. The number of likely N-dealkylation sites (N-methyl/N-ethyl adjacent to an activating group) is 1. The Balaban J connectivity index is 1.52. The minimum atomic E-state index is -1.14. The third-order valence-corrected chi connectivity index (χ3v) is 9.17. The van der Waals surface area contributed by atoms with Crippen LogP contribution in [-0.2, 0) is 17.6 Å². The summed E-state index contributed by atoms with van der Waals surface area (Å²) in [5.41, 5.74) is 11.1. The van der Waals surface area contributed by atoms with Crippen LogP contribution in [0.15, 0.2) is 78.5 Å². The first kappa shape index (κ1) is 28.9. The summed E-state index contributed by atoms with van der Waals surface area (Å²) in [7, 11) is 2.00. The van der Waals surface area contributed by atoms with Gasteiger partial charge in [-0.3, -0.25) is 24.3 Å². The number of aliphatic hydroxyl groups excluding tert-OH is 1. The van der Waals surface area contributed by atoms with E-state index in [1.807, 2.05) is 61.7 Å². The number of anilines is 1. The zero-order valence-electron chi connectivity index (χ0n) is 24.3. The van der Waals surface area contributed by atoms with E-state index in [4.69, 9.17) is 10.5 Å². The number of amides is 1. The molecule has 0 spiro atoms. The van der Waals surface area contributed by atoms with E-state index in [1.54, 1.807) is 6.07 Å². The highest BCUT2D eigenvalue weighted by Crippen LogP contribution is 2.48. The predicted octanol–water partition coefficient (Wildman–Crippen LogP) is 4.07. The quantitative estimate of drug-likeness (QED) is 0.196. The van der Waals surface area contributed by atoms with Crippen molar-refractivity contribution in [2.45, 2.75) is 43.9 Å². The number of rotatable bonds is 9. The molecule has 3 aliphatic heterocycles. The van der Waals surface area contributed by atoms with Crippen molar-refractivity contribution >= 4 is 23.0 Å². The molecule has 6 rings (SSSR count). The minimum Gasteiger partial charge on any atom is -0.468 e. The number of hydrogen-bond acceptors (Lipinski definition) is 7. The number of primary amides is 1. The lowest BCUT2D eigenvalue weighted by Crippen LogP contribution is -2.58. The Labute approximate surface area is 251 Å². The summed E-state index contributed by atoms with van der Waals surface area (Å²) in [6.45, 7) is 2.61. The van der Waals surface area contributed by atoms with Crippen LogP contribution in [0.5, 0.6) is 5.75 Å². The van der Waals surface area contributed by atoms with Crippen molar-refractivity contribution in [3.05, 3.63) is 105 Å². The van der Waals surface area contributed by atoms with Crippen molar-refractivity contribution in [3.63, 3.8) is 0 Å². The van der Waals surface area contributed by atoms with Crippen LogP contribution in [0.4, 0.5) is 17.1 Å². The molecule has 4 N–H and O–H groups in total. The van der Waals surface area contributed by atoms with Crippen molar-refractivity contribution < 1.29 is 19.6 Å². The highest BCUT2D eigenvalue weighted by Gasteiger charge is 2.51. The van der Waals surface area contributed by atoms with Crippen LogP contribution < -0.4 is 20.3 Å². The zero-order chi connectivity index (χ0) is 30.1. The molecule has 0 aliphatic carbocycles. The van der Waals surface area contributed by atoms with E-state index in [0.29, 0.717) is 36.5 Å². The number of nitrogens with two attached hydrogens (primary N) is 1. The van der Waals surface area contributed by atoms with Crippen LogP contribution in [0.2, 0.25) is 0 Å². The van der Waals surface area contributed by atoms with Crippen molar-refractivity contribution in [2.75, 3.05) is 38.5 Å². The molecule has 4 atom stereocenters. The molecule has 0 saturated carbocycles. The Bertz CT molecular complexity index is 1560. The summed E-state index contributed by atoms with van der Waals surface area (Å²) in [5.74, 6) is -0.0847. The average Bonchev–Trinajstić information content (AvgIpc) is 3.43. The molecule has 3 heterocycles.